The van der Waals surface area contributed by atoms with Crippen LogP contribution in [0.5, 0.6) is 0 Å². The zero-order chi connectivity index (χ0) is 19.1. The van der Waals surface area contributed by atoms with Gasteiger partial charge in [0.25, 0.3) is 0 Å². The number of unbranched alkanes of at least 4 members (excludes halogenated alkanes) is 6. The predicted octanol–water partition coefficient (Wildman–Crippen LogP) is 7.29. The first-order chi connectivity index (χ1) is 11.9. The highest BCUT2D eigenvalue weighted by atomic mass is 35.5. The smallest absolute Gasteiger partial charge is 0.305 e. The number of hydrogen-bond donors (Lipinski definition) is 0. The molecule has 4 unspecified atom stereocenters. The summed E-state index contributed by atoms with van der Waals surface area (Å²) in [5.41, 5.74) is 0. The fraction of sp³-hybridized carbons (Fsp3) is 0.947. The summed E-state index contributed by atoms with van der Waals surface area (Å²) in [5.74, 6) is -0.131. The molecule has 0 aromatic rings. The molecule has 0 fully saturated rings. The molecule has 0 saturated heterocycles. The molecule has 150 valence electrons. The molecule has 0 heterocycles. The third kappa shape index (κ3) is 14.4. The molecule has 0 rings (SSSR count). The number of halogens is 4. The van der Waals surface area contributed by atoms with Crippen molar-refractivity contribution in [3.05, 3.63) is 0 Å². The normalized spacial score (nSPS) is 16.2. The molecule has 0 saturated carbocycles. The SMILES string of the molecule is CCCCCC(Cl)C(Cl)CC(Cl)C(Cl)CCCCCCCC(=O)OC. The van der Waals surface area contributed by atoms with Crippen LogP contribution in [0.4, 0.5) is 0 Å². The second-order valence-corrected chi connectivity index (χ2v) is 8.92. The second kappa shape index (κ2) is 16.8. The standard InChI is InChI=1S/C19H34Cl4O2/c1-3-4-8-11-15(20)17(22)14-18(23)16(21)12-9-6-5-7-10-13-19(24)25-2/h15-18H,3-14H2,1-2H3. The molecule has 0 aliphatic carbocycles. The highest BCUT2D eigenvalue weighted by molar-refractivity contribution is 6.32. The summed E-state index contributed by atoms with van der Waals surface area (Å²) in [6.45, 7) is 2.17. The van der Waals surface area contributed by atoms with Crippen molar-refractivity contribution in [2.75, 3.05) is 7.11 Å². The van der Waals surface area contributed by atoms with Gasteiger partial charge < -0.3 is 4.74 Å². The Bertz CT molecular complexity index is 329. The van der Waals surface area contributed by atoms with Gasteiger partial charge >= 0.3 is 5.97 Å². The molecule has 4 atom stereocenters. The third-order valence-corrected chi connectivity index (χ3v) is 6.67. The maximum atomic E-state index is 11.0. The monoisotopic (exact) mass is 434 g/mol. The molecule has 6 heteroatoms. The number of carbonyl (C=O) groups is 1. The van der Waals surface area contributed by atoms with Gasteiger partial charge in [0.2, 0.25) is 0 Å². The van der Waals surface area contributed by atoms with Crippen molar-refractivity contribution in [3.63, 3.8) is 0 Å². The molecule has 0 aliphatic heterocycles. The molecule has 2 nitrogen and oxygen atoms in total. The first-order valence-corrected chi connectivity index (χ1v) is 11.3. The second-order valence-electron chi connectivity index (χ2n) is 6.68. The van der Waals surface area contributed by atoms with Gasteiger partial charge in [-0.15, -0.1) is 46.4 Å². The molecule has 25 heavy (non-hydrogen) atoms. The lowest BCUT2D eigenvalue weighted by atomic mass is 10.0. The highest BCUT2D eigenvalue weighted by Crippen LogP contribution is 2.27. The summed E-state index contributed by atoms with van der Waals surface area (Å²) in [6.07, 6.45) is 11.6. The van der Waals surface area contributed by atoms with Crippen LogP contribution in [-0.4, -0.2) is 34.6 Å². The van der Waals surface area contributed by atoms with Crippen LogP contribution in [0.3, 0.4) is 0 Å². The van der Waals surface area contributed by atoms with Gasteiger partial charge in [-0.05, 0) is 25.7 Å². The van der Waals surface area contributed by atoms with Gasteiger partial charge in [-0.1, -0.05) is 51.9 Å². The topological polar surface area (TPSA) is 26.3 Å². The number of carbonyl (C=O) groups excluding carboxylic acids is 1. The highest BCUT2D eigenvalue weighted by Gasteiger charge is 2.24. The molecule has 0 radical (unpaired) electrons. The van der Waals surface area contributed by atoms with Crippen molar-refractivity contribution in [1.82, 2.24) is 0 Å². The Morgan fingerprint density at radius 2 is 1.24 bits per heavy atom. The Morgan fingerprint density at radius 1 is 0.760 bits per heavy atom. The fourth-order valence-corrected chi connectivity index (χ4v) is 3.94. The summed E-state index contributed by atoms with van der Waals surface area (Å²) in [4.78, 5) is 11.0. The van der Waals surface area contributed by atoms with Crippen molar-refractivity contribution >= 4 is 52.4 Å². The van der Waals surface area contributed by atoms with Crippen LogP contribution in [0.2, 0.25) is 0 Å². The van der Waals surface area contributed by atoms with Crippen LogP contribution in [0.25, 0.3) is 0 Å². The Kier molecular flexibility index (Phi) is 17.2. The molecular weight excluding hydrogens is 402 g/mol. The molecule has 0 N–H and O–H groups in total. The molecule has 0 aliphatic rings. The zero-order valence-electron chi connectivity index (χ0n) is 15.6. The van der Waals surface area contributed by atoms with E-state index in [1.54, 1.807) is 0 Å². The molecule has 0 bridgehead atoms. The van der Waals surface area contributed by atoms with E-state index in [1.165, 1.54) is 20.0 Å². The minimum atomic E-state index is -0.143. The van der Waals surface area contributed by atoms with Gasteiger partial charge in [0.1, 0.15) is 0 Å². The van der Waals surface area contributed by atoms with E-state index in [2.05, 4.69) is 11.7 Å². The average Bonchev–Trinajstić information content (AvgIpc) is 2.60. The Morgan fingerprint density at radius 3 is 1.76 bits per heavy atom. The summed E-state index contributed by atoms with van der Waals surface area (Å²) in [5, 5.41) is -0.373. The van der Waals surface area contributed by atoms with Gasteiger partial charge in [-0.2, -0.15) is 0 Å². The van der Waals surface area contributed by atoms with Crippen molar-refractivity contribution in [1.29, 1.82) is 0 Å². The Hall–Kier alpha value is 0.630. The van der Waals surface area contributed by atoms with E-state index in [1.807, 2.05) is 0 Å². The molecule has 0 aromatic carbocycles. The van der Waals surface area contributed by atoms with Gasteiger partial charge in [0.15, 0.2) is 0 Å². The van der Waals surface area contributed by atoms with Gasteiger partial charge in [0.05, 0.1) is 17.9 Å². The van der Waals surface area contributed by atoms with E-state index < -0.39 is 0 Å². The maximum Gasteiger partial charge on any atom is 0.305 e. The Labute approximate surface area is 174 Å². The largest absolute Gasteiger partial charge is 0.469 e. The number of methoxy groups -OCH3 is 1. The molecule has 0 aromatic heterocycles. The van der Waals surface area contributed by atoms with Crippen LogP contribution in [-0.2, 0) is 9.53 Å². The third-order valence-electron chi connectivity index (χ3n) is 4.41. The summed E-state index contributed by atoms with van der Waals surface area (Å²) in [7, 11) is 1.43. The van der Waals surface area contributed by atoms with Crippen molar-refractivity contribution in [2.24, 2.45) is 0 Å². The number of alkyl halides is 4. The number of hydrogen-bond acceptors (Lipinski definition) is 2. The van der Waals surface area contributed by atoms with E-state index in [9.17, 15) is 4.79 Å². The minimum absolute atomic E-state index is 0.0341. The van der Waals surface area contributed by atoms with Crippen LogP contribution in [0.15, 0.2) is 0 Å². The summed E-state index contributed by atoms with van der Waals surface area (Å²) < 4.78 is 4.62. The van der Waals surface area contributed by atoms with E-state index in [0.717, 1.165) is 51.4 Å². The quantitative estimate of drug-likeness (QED) is 0.144. The molecule has 0 spiro atoms. The van der Waals surface area contributed by atoms with Crippen LogP contribution in [0, 0.1) is 0 Å². The van der Waals surface area contributed by atoms with Crippen molar-refractivity contribution in [3.8, 4) is 0 Å². The summed E-state index contributed by atoms with van der Waals surface area (Å²) >= 11 is 25.6. The first-order valence-electron chi connectivity index (χ1n) is 9.55. The maximum absolute atomic E-state index is 11.0. The lowest BCUT2D eigenvalue weighted by Gasteiger charge is -2.22. The van der Waals surface area contributed by atoms with Crippen LogP contribution >= 0.6 is 46.4 Å². The lowest BCUT2D eigenvalue weighted by molar-refractivity contribution is -0.140. The van der Waals surface area contributed by atoms with Crippen LogP contribution in [0.1, 0.15) is 84.0 Å². The predicted molar refractivity (Wildman–Crippen MR) is 112 cm³/mol. The lowest BCUT2D eigenvalue weighted by Crippen LogP contribution is -2.24. The number of esters is 1. The minimum Gasteiger partial charge on any atom is -0.469 e. The van der Waals surface area contributed by atoms with Crippen LogP contribution < -0.4 is 0 Å². The first kappa shape index (κ1) is 25.6. The van der Waals surface area contributed by atoms with E-state index in [-0.39, 0.29) is 27.5 Å². The van der Waals surface area contributed by atoms with Crippen molar-refractivity contribution in [2.45, 2.75) is 105 Å². The van der Waals surface area contributed by atoms with Gasteiger partial charge in [-0.25, -0.2) is 0 Å². The zero-order valence-corrected chi connectivity index (χ0v) is 18.6. The molecule has 0 amide bonds. The molecular formula is C19H34Cl4O2. The van der Waals surface area contributed by atoms with Crippen molar-refractivity contribution < 1.29 is 9.53 Å². The number of ether oxygens (including phenoxy) is 1. The fourth-order valence-electron chi connectivity index (χ4n) is 2.70. The number of rotatable bonds is 16. The summed E-state index contributed by atoms with van der Waals surface area (Å²) in [6, 6.07) is 0. The van der Waals surface area contributed by atoms with Gasteiger partial charge in [0, 0.05) is 17.2 Å². The average molecular weight is 436 g/mol. The van der Waals surface area contributed by atoms with E-state index in [4.69, 9.17) is 46.4 Å². The van der Waals surface area contributed by atoms with E-state index in [0.29, 0.717) is 12.8 Å². The Balaban J connectivity index is 3.73. The van der Waals surface area contributed by atoms with Gasteiger partial charge in [-0.3, -0.25) is 4.79 Å². The van der Waals surface area contributed by atoms with E-state index >= 15 is 0 Å².